The lowest BCUT2D eigenvalue weighted by atomic mass is 9.74. The molecule has 0 saturated carbocycles. The van der Waals surface area contributed by atoms with Gasteiger partial charge in [-0.25, -0.2) is 0 Å². The van der Waals surface area contributed by atoms with E-state index in [0.717, 1.165) is 5.57 Å². The molecule has 1 rings (SSSR count). The fraction of sp³-hybridized carbons (Fsp3) is 0.571. The molecule has 0 heterocycles. The van der Waals surface area contributed by atoms with E-state index in [1.54, 1.807) is 19.9 Å². The minimum Gasteiger partial charge on any atom is -0.465 e. The van der Waals surface area contributed by atoms with Crippen LogP contribution in [0.4, 0.5) is 0 Å². The Morgan fingerprint density at radius 3 is 2.33 bits per heavy atom. The largest absolute Gasteiger partial charge is 0.465 e. The maximum atomic E-state index is 12.1. The van der Waals surface area contributed by atoms with Gasteiger partial charge in [-0.05, 0) is 33.1 Å². The number of carbonyl (C=O) groups excluding carboxylic acids is 2. The van der Waals surface area contributed by atoms with Gasteiger partial charge in [0.15, 0.2) is 5.41 Å². The van der Waals surface area contributed by atoms with Gasteiger partial charge < -0.3 is 9.47 Å². The standard InChI is InChI=1S/C14H20O4/c1-4-11-8-7-9-14(10-11,12(15)17-5-2)13(16)18-6-3/h4,8H,1,5-7,9-10H2,2-3H3. The van der Waals surface area contributed by atoms with Gasteiger partial charge in [-0.3, -0.25) is 9.59 Å². The molecule has 0 radical (unpaired) electrons. The number of rotatable bonds is 5. The van der Waals surface area contributed by atoms with Gasteiger partial charge in [-0.2, -0.15) is 0 Å². The number of hydrogen-bond acceptors (Lipinski definition) is 4. The van der Waals surface area contributed by atoms with Gasteiger partial charge in [-0.1, -0.05) is 24.3 Å². The molecule has 4 heteroatoms. The summed E-state index contributed by atoms with van der Waals surface area (Å²) >= 11 is 0. The lowest BCUT2D eigenvalue weighted by Crippen LogP contribution is -2.43. The van der Waals surface area contributed by atoms with Crippen molar-refractivity contribution in [1.82, 2.24) is 0 Å². The van der Waals surface area contributed by atoms with Crippen molar-refractivity contribution in [2.75, 3.05) is 13.2 Å². The van der Waals surface area contributed by atoms with Crippen LogP contribution in [-0.4, -0.2) is 25.2 Å². The molecule has 0 N–H and O–H groups in total. The van der Waals surface area contributed by atoms with E-state index in [0.29, 0.717) is 19.3 Å². The van der Waals surface area contributed by atoms with Crippen molar-refractivity contribution in [3.63, 3.8) is 0 Å². The quantitative estimate of drug-likeness (QED) is 0.557. The average Bonchev–Trinajstić information content (AvgIpc) is 2.39. The predicted octanol–water partition coefficient (Wildman–Crippen LogP) is 2.40. The lowest BCUT2D eigenvalue weighted by Gasteiger charge is -2.31. The maximum Gasteiger partial charge on any atom is 0.323 e. The molecular weight excluding hydrogens is 232 g/mol. The molecule has 0 aromatic heterocycles. The Kier molecular flexibility index (Phi) is 5.13. The van der Waals surface area contributed by atoms with Gasteiger partial charge in [0.2, 0.25) is 0 Å². The fourth-order valence-electron chi connectivity index (χ4n) is 2.14. The Bertz CT molecular complexity index is 350. The highest BCUT2D eigenvalue weighted by atomic mass is 16.6. The third-order valence-corrected chi connectivity index (χ3v) is 3.08. The van der Waals surface area contributed by atoms with Crippen molar-refractivity contribution in [3.8, 4) is 0 Å². The van der Waals surface area contributed by atoms with Crippen LogP contribution in [0.25, 0.3) is 0 Å². The third-order valence-electron chi connectivity index (χ3n) is 3.08. The molecule has 0 saturated heterocycles. The summed E-state index contributed by atoms with van der Waals surface area (Å²) in [5, 5.41) is 0. The Hall–Kier alpha value is -1.58. The third kappa shape index (κ3) is 2.81. The van der Waals surface area contributed by atoms with Crippen molar-refractivity contribution >= 4 is 11.9 Å². The summed E-state index contributed by atoms with van der Waals surface area (Å²) < 4.78 is 10.1. The highest BCUT2D eigenvalue weighted by Crippen LogP contribution is 2.39. The Morgan fingerprint density at radius 2 is 1.89 bits per heavy atom. The summed E-state index contributed by atoms with van der Waals surface area (Å²) in [4.78, 5) is 24.2. The van der Waals surface area contributed by atoms with Gasteiger partial charge in [-0.15, -0.1) is 0 Å². The van der Waals surface area contributed by atoms with E-state index in [4.69, 9.17) is 9.47 Å². The first kappa shape index (κ1) is 14.5. The molecule has 0 aliphatic heterocycles. The second-order valence-electron chi connectivity index (χ2n) is 4.22. The fourth-order valence-corrected chi connectivity index (χ4v) is 2.14. The van der Waals surface area contributed by atoms with Crippen LogP contribution < -0.4 is 0 Å². The van der Waals surface area contributed by atoms with E-state index in [1.165, 1.54) is 0 Å². The van der Waals surface area contributed by atoms with Crippen molar-refractivity contribution in [2.24, 2.45) is 5.41 Å². The Labute approximate surface area is 108 Å². The van der Waals surface area contributed by atoms with Gasteiger partial charge in [0.1, 0.15) is 0 Å². The second kappa shape index (κ2) is 6.38. The molecule has 0 aromatic rings. The van der Waals surface area contributed by atoms with Crippen LogP contribution in [-0.2, 0) is 19.1 Å². The van der Waals surface area contributed by atoms with Gasteiger partial charge in [0.05, 0.1) is 13.2 Å². The Morgan fingerprint density at radius 1 is 1.33 bits per heavy atom. The van der Waals surface area contributed by atoms with Crippen molar-refractivity contribution in [2.45, 2.75) is 33.1 Å². The smallest absolute Gasteiger partial charge is 0.323 e. The summed E-state index contributed by atoms with van der Waals surface area (Å²) in [5.41, 5.74) is -0.299. The number of allylic oxidation sites excluding steroid dienone is 3. The Balaban J connectivity index is 3.02. The zero-order valence-electron chi connectivity index (χ0n) is 11.0. The molecule has 0 fully saturated rings. The summed E-state index contributed by atoms with van der Waals surface area (Å²) in [6, 6.07) is 0. The van der Waals surface area contributed by atoms with Crippen molar-refractivity contribution < 1.29 is 19.1 Å². The average molecular weight is 252 g/mol. The minimum absolute atomic E-state index is 0.257. The summed E-state index contributed by atoms with van der Waals surface area (Å²) in [6.45, 7) is 7.65. The molecule has 0 amide bonds. The van der Waals surface area contributed by atoms with Gasteiger partial charge in [0, 0.05) is 0 Å². The van der Waals surface area contributed by atoms with Crippen LogP contribution in [0.2, 0.25) is 0 Å². The zero-order valence-corrected chi connectivity index (χ0v) is 11.0. The molecule has 0 unspecified atom stereocenters. The van der Waals surface area contributed by atoms with E-state index in [1.807, 2.05) is 6.08 Å². The number of hydrogen-bond donors (Lipinski definition) is 0. The van der Waals surface area contributed by atoms with Crippen LogP contribution >= 0.6 is 0 Å². The van der Waals surface area contributed by atoms with Crippen molar-refractivity contribution in [1.29, 1.82) is 0 Å². The molecule has 0 spiro atoms. The molecule has 18 heavy (non-hydrogen) atoms. The number of ether oxygens (including phenoxy) is 2. The summed E-state index contributed by atoms with van der Waals surface area (Å²) in [5.74, 6) is -0.980. The van der Waals surface area contributed by atoms with Crippen LogP contribution in [0.3, 0.4) is 0 Å². The number of esters is 2. The van der Waals surface area contributed by atoms with E-state index >= 15 is 0 Å². The van der Waals surface area contributed by atoms with Gasteiger partial charge in [0.25, 0.3) is 0 Å². The van der Waals surface area contributed by atoms with Crippen LogP contribution in [0, 0.1) is 5.41 Å². The predicted molar refractivity (Wildman–Crippen MR) is 67.8 cm³/mol. The molecule has 4 nitrogen and oxygen atoms in total. The summed E-state index contributed by atoms with van der Waals surface area (Å²) in [7, 11) is 0. The molecular formula is C14H20O4. The van der Waals surface area contributed by atoms with Gasteiger partial charge >= 0.3 is 11.9 Å². The number of carbonyl (C=O) groups is 2. The maximum absolute atomic E-state index is 12.1. The SMILES string of the molecule is C=CC1=CCCC(C(=O)OCC)(C(=O)OCC)C1. The van der Waals surface area contributed by atoms with Crippen LogP contribution in [0.15, 0.2) is 24.3 Å². The first-order valence-electron chi connectivity index (χ1n) is 6.26. The highest BCUT2D eigenvalue weighted by Gasteiger charge is 2.49. The minimum atomic E-state index is -1.19. The zero-order chi connectivity index (χ0) is 13.6. The second-order valence-corrected chi connectivity index (χ2v) is 4.22. The van der Waals surface area contributed by atoms with E-state index in [-0.39, 0.29) is 13.2 Å². The normalized spacial score (nSPS) is 17.6. The molecule has 1 aliphatic rings. The topological polar surface area (TPSA) is 52.6 Å². The first-order chi connectivity index (χ1) is 8.60. The molecule has 0 bridgehead atoms. The molecule has 1 aliphatic carbocycles. The highest BCUT2D eigenvalue weighted by molar-refractivity contribution is 6.00. The van der Waals surface area contributed by atoms with Crippen molar-refractivity contribution in [3.05, 3.63) is 24.3 Å². The molecule has 100 valence electrons. The van der Waals surface area contributed by atoms with E-state index in [9.17, 15) is 9.59 Å². The summed E-state index contributed by atoms with van der Waals surface area (Å²) in [6.07, 6.45) is 5.06. The molecule has 0 aromatic carbocycles. The van der Waals surface area contributed by atoms with Crippen LogP contribution in [0.1, 0.15) is 33.1 Å². The first-order valence-corrected chi connectivity index (χ1v) is 6.26. The molecule has 0 atom stereocenters. The van der Waals surface area contributed by atoms with E-state index in [2.05, 4.69) is 6.58 Å². The monoisotopic (exact) mass is 252 g/mol. The lowest BCUT2D eigenvalue weighted by molar-refractivity contribution is -0.173. The van der Waals surface area contributed by atoms with E-state index < -0.39 is 17.4 Å². The van der Waals surface area contributed by atoms with Crippen LogP contribution in [0.5, 0.6) is 0 Å².